The Morgan fingerprint density at radius 3 is 2.65 bits per heavy atom. The Kier molecular flexibility index (Phi) is 6.74. The van der Waals surface area contributed by atoms with Crippen LogP contribution >= 0.6 is 0 Å². The van der Waals surface area contributed by atoms with Gasteiger partial charge in [-0.15, -0.1) is 0 Å². The van der Waals surface area contributed by atoms with Crippen LogP contribution < -0.4 is 15.2 Å². The van der Waals surface area contributed by atoms with E-state index in [1.165, 1.54) is 17.4 Å². The Labute approximate surface area is 230 Å². The van der Waals surface area contributed by atoms with Gasteiger partial charge in [-0.3, -0.25) is 14.3 Å². The van der Waals surface area contributed by atoms with Crippen molar-refractivity contribution in [1.82, 2.24) is 14.5 Å². The first-order chi connectivity index (χ1) is 19.5. The first kappa shape index (κ1) is 25.6. The molecule has 0 spiro atoms. The molecule has 1 saturated carbocycles. The highest BCUT2D eigenvalue weighted by atomic mass is 16.6. The van der Waals surface area contributed by atoms with Crippen LogP contribution in [-0.4, -0.2) is 58.3 Å². The SMILES string of the molecule is N#Cc1cc2c(Oc3ccc4c(ccn4C(=O)OC4(C(N)=O)CC4)c3)ccnc2cc1OCCCN1CCCC1. The summed E-state index contributed by atoms with van der Waals surface area (Å²) in [5.74, 6) is 0.966. The van der Waals surface area contributed by atoms with Gasteiger partial charge in [-0.05, 0) is 68.8 Å². The van der Waals surface area contributed by atoms with Crippen molar-refractivity contribution in [3.8, 4) is 23.3 Å². The molecule has 0 radical (unpaired) electrons. The third kappa shape index (κ3) is 5.03. The summed E-state index contributed by atoms with van der Waals surface area (Å²) >= 11 is 0. The topological polar surface area (TPSA) is 133 Å². The second-order valence-electron chi connectivity index (χ2n) is 10.3. The summed E-state index contributed by atoms with van der Waals surface area (Å²) < 4.78 is 18.9. The van der Waals surface area contributed by atoms with Gasteiger partial charge >= 0.3 is 6.09 Å². The summed E-state index contributed by atoms with van der Waals surface area (Å²) in [6, 6.07) is 14.5. The molecular formula is C30H29N5O5. The van der Waals surface area contributed by atoms with E-state index in [4.69, 9.17) is 19.9 Å². The predicted molar refractivity (Wildman–Crippen MR) is 147 cm³/mol. The molecule has 2 aliphatic rings. The van der Waals surface area contributed by atoms with E-state index >= 15 is 0 Å². The highest BCUT2D eigenvalue weighted by Crippen LogP contribution is 2.40. The minimum Gasteiger partial charge on any atom is -0.492 e. The Hall–Kier alpha value is -4.62. The number of amides is 1. The largest absolute Gasteiger partial charge is 0.492 e. The molecule has 2 aromatic carbocycles. The van der Waals surface area contributed by atoms with Crippen molar-refractivity contribution in [3.05, 3.63) is 60.4 Å². The van der Waals surface area contributed by atoms with E-state index in [1.807, 2.05) is 0 Å². The fraction of sp³-hybridized carbons (Fsp3) is 0.333. The third-order valence-electron chi connectivity index (χ3n) is 7.52. The molecule has 0 atom stereocenters. The van der Waals surface area contributed by atoms with Crippen molar-refractivity contribution in [2.45, 2.75) is 37.7 Å². The molecule has 1 aliphatic heterocycles. The van der Waals surface area contributed by atoms with Gasteiger partial charge in [0.05, 0.1) is 23.2 Å². The Balaban J connectivity index is 1.18. The number of nitrogens with two attached hydrogens (primary N) is 1. The number of benzene rings is 2. The Morgan fingerprint density at radius 2 is 1.90 bits per heavy atom. The number of ether oxygens (including phenoxy) is 3. The zero-order valence-corrected chi connectivity index (χ0v) is 22.0. The maximum absolute atomic E-state index is 12.7. The first-order valence-corrected chi connectivity index (χ1v) is 13.5. The van der Waals surface area contributed by atoms with Gasteiger partial charge in [0.15, 0.2) is 5.60 Å². The fourth-order valence-electron chi connectivity index (χ4n) is 5.12. The van der Waals surface area contributed by atoms with Crippen molar-refractivity contribution in [2.75, 3.05) is 26.2 Å². The quantitative estimate of drug-likeness (QED) is 0.302. The monoisotopic (exact) mass is 539 g/mol. The third-order valence-corrected chi connectivity index (χ3v) is 7.52. The molecule has 0 bridgehead atoms. The van der Waals surface area contributed by atoms with Crippen molar-refractivity contribution < 1.29 is 23.8 Å². The predicted octanol–water partition coefficient (Wildman–Crippen LogP) is 4.72. The Morgan fingerprint density at radius 1 is 1.07 bits per heavy atom. The second kappa shape index (κ2) is 10.5. The highest BCUT2D eigenvalue weighted by Gasteiger charge is 2.53. The minimum atomic E-state index is -1.19. The van der Waals surface area contributed by atoms with Crippen LogP contribution in [0.3, 0.4) is 0 Å². The van der Waals surface area contributed by atoms with Crippen molar-refractivity contribution in [1.29, 1.82) is 5.26 Å². The molecule has 10 heteroatoms. The van der Waals surface area contributed by atoms with E-state index in [1.54, 1.807) is 54.9 Å². The molecular weight excluding hydrogens is 510 g/mol. The van der Waals surface area contributed by atoms with Gasteiger partial charge in [0.2, 0.25) is 0 Å². The standard InChI is InChI=1S/C30H29N5O5/c31-19-21-17-23-24(18-27(21)38-15-3-13-34-11-1-2-12-34)33-10-6-26(23)39-22-4-5-25-20(16-22)7-14-35(25)29(37)40-30(8-9-30)28(32)36/h4-7,10,14,16-18H,1-3,8-9,11-13,15H2,(H2,32,36). The van der Waals surface area contributed by atoms with Gasteiger partial charge < -0.3 is 24.8 Å². The average molecular weight is 540 g/mol. The Bertz CT molecular complexity index is 1650. The normalized spacial score (nSPS) is 16.1. The molecule has 204 valence electrons. The van der Waals surface area contributed by atoms with Crippen molar-refractivity contribution >= 4 is 33.8 Å². The number of aromatic nitrogens is 2. The lowest BCUT2D eigenvalue weighted by Gasteiger charge is -2.15. The molecule has 2 aromatic heterocycles. The van der Waals surface area contributed by atoms with E-state index in [-0.39, 0.29) is 0 Å². The lowest BCUT2D eigenvalue weighted by molar-refractivity contribution is -0.128. The summed E-state index contributed by atoms with van der Waals surface area (Å²) in [5.41, 5.74) is 5.87. The number of hydrogen-bond donors (Lipinski definition) is 1. The number of carbonyl (C=O) groups is 2. The fourth-order valence-corrected chi connectivity index (χ4v) is 5.12. The number of likely N-dealkylation sites (tertiary alicyclic amines) is 1. The zero-order chi connectivity index (χ0) is 27.7. The summed E-state index contributed by atoms with van der Waals surface area (Å²) in [6.07, 6.45) is 6.87. The molecule has 6 rings (SSSR count). The number of hydrogen-bond acceptors (Lipinski definition) is 8. The molecule has 2 fully saturated rings. The van der Waals surface area contributed by atoms with Crippen molar-refractivity contribution in [2.24, 2.45) is 5.73 Å². The van der Waals surface area contributed by atoms with Gasteiger partial charge in [0.25, 0.3) is 5.91 Å². The van der Waals surface area contributed by atoms with Crippen LogP contribution in [0.15, 0.2) is 54.9 Å². The van der Waals surface area contributed by atoms with Gasteiger partial charge in [-0.1, -0.05) is 0 Å². The lowest BCUT2D eigenvalue weighted by atomic mass is 10.1. The van der Waals surface area contributed by atoms with E-state index in [9.17, 15) is 14.9 Å². The van der Waals surface area contributed by atoms with E-state index < -0.39 is 17.6 Å². The van der Waals surface area contributed by atoms with Gasteiger partial charge in [-0.2, -0.15) is 5.26 Å². The summed E-state index contributed by atoms with van der Waals surface area (Å²) in [7, 11) is 0. The van der Waals surface area contributed by atoms with Crippen LogP contribution in [0.4, 0.5) is 4.79 Å². The number of nitrogens with zero attached hydrogens (tertiary/aromatic N) is 4. The van der Waals surface area contributed by atoms with Gasteiger partial charge in [0.1, 0.15) is 23.3 Å². The number of nitriles is 1. The molecule has 0 unspecified atom stereocenters. The van der Waals surface area contributed by atoms with Crippen LogP contribution in [0.25, 0.3) is 21.8 Å². The highest BCUT2D eigenvalue weighted by molar-refractivity contribution is 5.94. The maximum Gasteiger partial charge on any atom is 0.419 e. The number of rotatable bonds is 9. The molecule has 40 heavy (non-hydrogen) atoms. The summed E-state index contributed by atoms with van der Waals surface area (Å²) in [6.45, 7) is 3.82. The molecule has 1 amide bonds. The van der Waals surface area contributed by atoms with E-state index in [2.05, 4.69) is 16.0 Å². The van der Waals surface area contributed by atoms with Crippen LogP contribution in [0.1, 0.15) is 37.7 Å². The minimum absolute atomic E-state index is 0.418. The number of pyridine rings is 1. The van der Waals surface area contributed by atoms with Crippen LogP contribution in [-0.2, 0) is 9.53 Å². The molecule has 1 saturated heterocycles. The molecule has 4 aromatic rings. The lowest BCUT2D eigenvalue weighted by Crippen LogP contribution is -2.36. The number of primary amides is 1. The van der Waals surface area contributed by atoms with Crippen LogP contribution in [0.5, 0.6) is 17.2 Å². The van der Waals surface area contributed by atoms with Gasteiger partial charge in [-0.25, -0.2) is 4.79 Å². The average Bonchev–Trinajstić information content (AvgIpc) is 3.35. The number of fused-ring (bicyclic) bond motifs is 2. The second-order valence-corrected chi connectivity index (χ2v) is 10.3. The zero-order valence-electron chi connectivity index (χ0n) is 22.0. The summed E-state index contributed by atoms with van der Waals surface area (Å²) in [4.78, 5) is 31.2. The molecule has 2 N–H and O–H groups in total. The van der Waals surface area contributed by atoms with Crippen LogP contribution in [0, 0.1) is 11.3 Å². The smallest absolute Gasteiger partial charge is 0.419 e. The van der Waals surface area contributed by atoms with Crippen LogP contribution in [0.2, 0.25) is 0 Å². The van der Waals surface area contributed by atoms with Gasteiger partial charge in [0, 0.05) is 48.6 Å². The molecule has 1 aliphatic carbocycles. The first-order valence-electron chi connectivity index (χ1n) is 13.5. The maximum atomic E-state index is 12.7. The molecule has 10 nitrogen and oxygen atoms in total. The van der Waals surface area contributed by atoms with Crippen molar-refractivity contribution in [3.63, 3.8) is 0 Å². The molecule has 3 heterocycles. The van der Waals surface area contributed by atoms with E-state index in [0.29, 0.717) is 58.7 Å². The summed E-state index contributed by atoms with van der Waals surface area (Å²) in [5, 5.41) is 11.2. The number of carbonyl (C=O) groups excluding carboxylic acids is 2. The van der Waals surface area contributed by atoms with E-state index in [0.717, 1.165) is 31.4 Å².